The molecule has 3 rings (SSSR count). The third kappa shape index (κ3) is 5.28. The number of benzene rings is 1. The summed E-state index contributed by atoms with van der Waals surface area (Å²) in [6, 6.07) is 3.99. The van der Waals surface area contributed by atoms with Gasteiger partial charge in [-0.05, 0) is 38.0 Å². The molecular formula is C19H25ClN2O6S. The molecule has 2 aliphatic rings. The number of carbonyl (C=O) groups excluding carboxylic acids is 2. The number of esters is 1. The molecule has 0 aromatic heterocycles. The Balaban J connectivity index is 1.71. The van der Waals surface area contributed by atoms with E-state index in [2.05, 4.69) is 5.32 Å². The van der Waals surface area contributed by atoms with Crippen LogP contribution in [0.4, 0.5) is 0 Å². The third-order valence-corrected chi connectivity index (χ3v) is 7.34. The number of hydrogen-bond donors (Lipinski definition) is 1. The maximum Gasteiger partial charge on any atom is 0.340 e. The van der Waals surface area contributed by atoms with Gasteiger partial charge in [0, 0.05) is 19.1 Å². The van der Waals surface area contributed by atoms with Gasteiger partial charge in [-0.25, -0.2) is 13.2 Å². The van der Waals surface area contributed by atoms with Crippen LogP contribution in [-0.4, -0.2) is 63.0 Å². The molecule has 0 radical (unpaired) electrons. The van der Waals surface area contributed by atoms with Gasteiger partial charge in [0.05, 0.1) is 28.7 Å². The van der Waals surface area contributed by atoms with Crippen LogP contribution in [0.2, 0.25) is 5.02 Å². The summed E-state index contributed by atoms with van der Waals surface area (Å²) in [5.74, 6) is -1.22. The Morgan fingerprint density at radius 2 is 1.90 bits per heavy atom. The van der Waals surface area contributed by atoms with E-state index >= 15 is 0 Å². The fourth-order valence-corrected chi connectivity index (χ4v) is 5.05. The normalized spacial score (nSPS) is 19.7. The summed E-state index contributed by atoms with van der Waals surface area (Å²) >= 11 is 6.10. The number of nitrogens with one attached hydrogen (secondary N) is 1. The van der Waals surface area contributed by atoms with Crippen molar-refractivity contribution in [3.63, 3.8) is 0 Å². The van der Waals surface area contributed by atoms with Crippen LogP contribution >= 0.6 is 11.6 Å². The highest BCUT2D eigenvalue weighted by atomic mass is 35.5. The molecule has 1 saturated heterocycles. The van der Waals surface area contributed by atoms with Crippen LogP contribution in [0.25, 0.3) is 0 Å². The standard InChI is InChI=1S/C19H25ClN2O6S/c1-13(18(23)21-14-4-2-3-5-14)28-19(24)16-12-15(6-7-17(16)20)29(25,26)22-8-10-27-11-9-22/h6-7,12-14H,2-5,8-11H2,1H3,(H,21,23). The zero-order valence-electron chi connectivity index (χ0n) is 16.2. The summed E-state index contributed by atoms with van der Waals surface area (Å²) in [5, 5.41) is 2.92. The van der Waals surface area contributed by atoms with Crippen LogP contribution in [0.15, 0.2) is 23.1 Å². The van der Waals surface area contributed by atoms with Gasteiger partial charge in [0.15, 0.2) is 6.10 Å². The van der Waals surface area contributed by atoms with Gasteiger partial charge in [-0.15, -0.1) is 0 Å². The zero-order chi connectivity index (χ0) is 21.0. The van der Waals surface area contributed by atoms with Gasteiger partial charge in [0.2, 0.25) is 10.0 Å². The van der Waals surface area contributed by atoms with Crippen LogP contribution in [0.3, 0.4) is 0 Å². The van der Waals surface area contributed by atoms with E-state index < -0.39 is 22.1 Å². The lowest BCUT2D eigenvalue weighted by Crippen LogP contribution is -2.41. The summed E-state index contributed by atoms with van der Waals surface area (Å²) in [6.45, 7) is 2.58. The maximum atomic E-state index is 12.8. The first-order valence-electron chi connectivity index (χ1n) is 9.68. The monoisotopic (exact) mass is 444 g/mol. The Hall–Kier alpha value is -1.68. The fraction of sp³-hybridized carbons (Fsp3) is 0.579. The van der Waals surface area contributed by atoms with Crippen molar-refractivity contribution < 1.29 is 27.5 Å². The Bertz CT molecular complexity index is 863. The number of nitrogens with zero attached hydrogens (tertiary/aromatic N) is 1. The highest BCUT2D eigenvalue weighted by Crippen LogP contribution is 2.25. The first-order valence-corrected chi connectivity index (χ1v) is 11.5. The molecule has 1 heterocycles. The molecule has 8 nitrogen and oxygen atoms in total. The predicted molar refractivity (Wildman–Crippen MR) is 106 cm³/mol. The van der Waals surface area contributed by atoms with Crippen molar-refractivity contribution in [1.82, 2.24) is 9.62 Å². The van der Waals surface area contributed by atoms with Crippen molar-refractivity contribution in [3.8, 4) is 0 Å². The number of sulfonamides is 1. The zero-order valence-corrected chi connectivity index (χ0v) is 17.8. The molecule has 29 heavy (non-hydrogen) atoms. The molecule has 0 bridgehead atoms. The van der Waals surface area contributed by atoms with Crippen LogP contribution in [0, 0.1) is 0 Å². The summed E-state index contributed by atoms with van der Waals surface area (Å²) in [4.78, 5) is 24.7. The van der Waals surface area contributed by atoms with Crippen LogP contribution in [0.1, 0.15) is 43.0 Å². The molecule has 1 saturated carbocycles. The number of amides is 1. The fourth-order valence-electron chi connectivity index (χ4n) is 3.42. The van der Waals surface area contributed by atoms with Crippen molar-refractivity contribution in [3.05, 3.63) is 28.8 Å². The van der Waals surface area contributed by atoms with Crippen molar-refractivity contribution in [2.24, 2.45) is 0 Å². The minimum Gasteiger partial charge on any atom is -0.449 e. The number of ether oxygens (including phenoxy) is 2. The van der Waals surface area contributed by atoms with Gasteiger partial charge in [-0.3, -0.25) is 4.79 Å². The van der Waals surface area contributed by atoms with Gasteiger partial charge in [0.1, 0.15) is 0 Å². The lowest BCUT2D eigenvalue weighted by molar-refractivity contribution is -0.129. The quantitative estimate of drug-likeness (QED) is 0.673. The van der Waals surface area contributed by atoms with Gasteiger partial charge < -0.3 is 14.8 Å². The molecule has 1 aromatic carbocycles. The molecule has 1 atom stereocenters. The Morgan fingerprint density at radius 1 is 1.24 bits per heavy atom. The second kappa shape index (κ2) is 9.42. The second-order valence-electron chi connectivity index (χ2n) is 7.20. The highest BCUT2D eigenvalue weighted by Gasteiger charge is 2.29. The molecular weight excluding hydrogens is 420 g/mol. The van der Waals surface area contributed by atoms with E-state index in [-0.39, 0.29) is 40.5 Å². The van der Waals surface area contributed by atoms with Crippen LogP contribution in [-0.2, 0) is 24.3 Å². The average molecular weight is 445 g/mol. The van der Waals surface area contributed by atoms with E-state index in [4.69, 9.17) is 21.1 Å². The second-order valence-corrected chi connectivity index (χ2v) is 9.54. The van der Waals surface area contributed by atoms with E-state index in [9.17, 15) is 18.0 Å². The largest absolute Gasteiger partial charge is 0.449 e. The van der Waals surface area contributed by atoms with Crippen LogP contribution in [0.5, 0.6) is 0 Å². The summed E-state index contributed by atoms with van der Waals surface area (Å²) in [7, 11) is -3.79. The highest BCUT2D eigenvalue weighted by molar-refractivity contribution is 7.89. The molecule has 10 heteroatoms. The molecule has 1 aliphatic heterocycles. The van der Waals surface area contributed by atoms with E-state index in [0.29, 0.717) is 13.2 Å². The summed E-state index contributed by atoms with van der Waals surface area (Å²) in [5.41, 5.74) is -0.0958. The van der Waals surface area contributed by atoms with Gasteiger partial charge >= 0.3 is 5.97 Å². The smallest absolute Gasteiger partial charge is 0.340 e. The molecule has 1 unspecified atom stereocenters. The lowest BCUT2D eigenvalue weighted by atomic mass is 10.2. The van der Waals surface area contributed by atoms with Gasteiger partial charge in [0.25, 0.3) is 5.91 Å². The van der Waals surface area contributed by atoms with Crippen molar-refractivity contribution >= 4 is 33.5 Å². The van der Waals surface area contributed by atoms with Crippen molar-refractivity contribution in [2.75, 3.05) is 26.3 Å². The Labute approximate surface area is 175 Å². The minimum atomic E-state index is -3.79. The minimum absolute atomic E-state index is 0.0549. The predicted octanol–water partition coefficient (Wildman–Crippen LogP) is 1.96. The van der Waals surface area contributed by atoms with E-state index in [1.165, 1.54) is 29.4 Å². The number of morpholine rings is 1. The number of carbonyl (C=O) groups is 2. The number of hydrogen-bond acceptors (Lipinski definition) is 6. The lowest BCUT2D eigenvalue weighted by Gasteiger charge is -2.26. The van der Waals surface area contributed by atoms with Crippen molar-refractivity contribution in [2.45, 2.75) is 49.6 Å². The SMILES string of the molecule is CC(OC(=O)c1cc(S(=O)(=O)N2CCOCC2)ccc1Cl)C(=O)NC1CCCC1. The Kier molecular flexibility index (Phi) is 7.15. The number of rotatable bonds is 6. The maximum absolute atomic E-state index is 12.8. The molecule has 0 spiro atoms. The molecule has 1 aromatic rings. The molecule has 2 fully saturated rings. The third-order valence-electron chi connectivity index (χ3n) is 5.12. The summed E-state index contributed by atoms with van der Waals surface area (Å²) in [6.07, 6.45) is 2.95. The van der Waals surface area contributed by atoms with Gasteiger partial charge in [-0.2, -0.15) is 4.31 Å². The summed E-state index contributed by atoms with van der Waals surface area (Å²) < 4.78 is 37.3. The van der Waals surface area contributed by atoms with E-state index in [0.717, 1.165) is 25.7 Å². The van der Waals surface area contributed by atoms with E-state index in [1.807, 2.05) is 0 Å². The van der Waals surface area contributed by atoms with E-state index in [1.54, 1.807) is 0 Å². The molecule has 1 N–H and O–H groups in total. The molecule has 1 amide bonds. The number of halogens is 1. The Morgan fingerprint density at radius 3 is 2.55 bits per heavy atom. The molecule has 160 valence electrons. The van der Waals surface area contributed by atoms with Crippen molar-refractivity contribution in [1.29, 1.82) is 0 Å². The average Bonchev–Trinajstić information content (AvgIpc) is 3.21. The van der Waals surface area contributed by atoms with Crippen LogP contribution < -0.4 is 5.32 Å². The first kappa shape index (κ1) is 22.0. The molecule has 1 aliphatic carbocycles. The van der Waals surface area contributed by atoms with Gasteiger partial charge in [-0.1, -0.05) is 24.4 Å². The first-order chi connectivity index (χ1) is 13.8. The topological polar surface area (TPSA) is 102 Å².